The highest BCUT2D eigenvalue weighted by atomic mass is 32.2. The minimum absolute atomic E-state index is 0.0889. The molecule has 0 saturated heterocycles. The van der Waals surface area contributed by atoms with Crippen molar-refractivity contribution >= 4 is 33.5 Å². The van der Waals surface area contributed by atoms with E-state index in [2.05, 4.69) is 28.7 Å². The first-order valence-electron chi connectivity index (χ1n) is 5.32. The monoisotopic (exact) mass is 242 g/mol. The van der Waals surface area contributed by atoms with Crippen LogP contribution in [0, 0.1) is 0 Å². The Morgan fingerprint density at radius 3 is 2.76 bits per heavy atom. The van der Waals surface area contributed by atoms with E-state index < -0.39 is 0 Å². The molecule has 1 aliphatic heterocycles. The van der Waals surface area contributed by atoms with Crippen LogP contribution in [0.3, 0.4) is 0 Å². The summed E-state index contributed by atoms with van der Waals surface area (Å²) in [6.07, 6.45) is 0. The van der Waals surface area contributed by atoms with Gasteiger partial charge in [0.05, 0.1) is 5.71 Å². The number of carbonyl (C=O) groups excluding carboxylic acids is 1. The maximum Gasteiger partial charge on any atom is 0.299 e. The lowest BCUT2D eigenvalue weighted by Gasteiger charge is -2.13. The number of fused-ring (bicyclic) bond motifs is 1. The van der Waals surface area contributed by atoms with Gasteiger partial charge in [-0.1, -0.05) is 54.2 Å². The molecule has 0 aliphatic carbocycles. The van der Waals surface area contributed by atoms with E-state index in [1.807, 2.05) is 24.3 Å². The second-order valence-corrected chi connectivity index (χ2v) is 4.72. The predicted molar refractivity (Wildman–Crippen MR) is 71.5 cm³/mol. The van der Waals surface area contributed by atoms with Gasteiger partial charge < -0.3 is 0 Å². The molecule has 84 valence electrons. The zero-order valence-corrected chi connectivity index (χ0v) is 9.83. The number of rotatable bonds is 1. The minimum Gasteiger partial charge on any atom is -0.260 e. The van der Waals surface area contributed by atoms with E-state index in [-0.39, 0.29) is 5.24 Å². The third kappa shape index (κ3) is 1.91. The molecule has 1 N–H and O–H groups in total. The van der Waals surface area contributed by atoms with Gasteiger partial charge in [0.25, 0.3) is 5.24 Å². The molecule has 3 nitrogen and oxygen atoms in total. The molecule has 0 saturated carbocycles. The first-order valence-corrected chi connectivity index (χ1v) is 6.30. The van der Waals surface area contributed by atoms with Gasteiger partial charge in [0.15, 0.2) is 0 Å². The number of amides is 1. The van der Waals surface area contributed by atoms with Crippen LogP contribution in [0.5, 0.6) is 0 Å². The average molecular weight is 242 g/mol. The van der Waals surface area contributed by atoms with Gasteiger partial charge in [0, 0.05) is 11.3 Å². The molecule has 0 spiro atoms. The zero-order chi connectivity index (χ0) is 11.7. The number of thioether (sulfide) groups is 1. The third-order valence-corrected chi connectivity index (χ3v) is 3.49. The highest BCUT2D eigenvalue weighted by Gasteiger charge is 2.15. The van der Waals surface area contributed by atoms with Crippen LogP contribution in [-0.4, -0.2) is 16.7 Å². The van der Waals surface area contributed by atoms with E-state index in [1.165, 1.54) is 22.5 Å². The Balaban J connectivity index is 2.14. The van der Waals surface area contributed by atoms with Crippen LogP contribution < -0.4 is 5.43 Å². The van der Waals surface area contributed by atoms with Crippen molar-refractivity contribution in [2.45, 2.75) is 0 Å². The molecular weight excluding hydrogens is 232 g/mol. The summed E-state index contributed by atoms with van der Waals surface area (Å²) in [5, 5.41) is 6.40. The SMILES string of the molecule is O=C1NN=C(c2cccc3ccccc23)CS1. The lowest BCUT2D eigenvalue weighted by molar-refractivity contribution is 0.261. The number of nitrogens with one attached hydrogen (secondary N) is 1. The smallest absolute Gasteiger partial charge is 0.260 e. The molecule has 0 unspecified atom stereocenters. The first-order chi connectivity index (χ1) is 8.34. The zero-order valence-electron chi connectivity index (χ0n) is 9.01. The van der Waals surface area contributed by atoms with Crippen molar-refractivity contribution in [3.63, 3.8) is 0 Å². The highest BCUT2D eigenvalue weighted by Crippen LogP contribution is 2.22. The number of hydrogen-bond donors (Lipinski definition) is 1. The van der Waals surface area contributed by atoms with Crippen molar-refractivity contribution in [1.29, 1.82) is 0 Å². The van der Waals surface area contributed by atoms with E-state index in [1.54, 1.807) is 0 Å². The summed E-state index contributed by atoms with van der Waals surface area (Å²) in [6.45, 7) is 0. The molecule has 0 bridgehead atoms. The van der Waals surface area contributed by atoms with Crippen molar-refractivity contribution in [3.8, 4) is 0 Å². The molecule has 1 aliphatic rings. The van der Waals surface area contributed by atoms with Crippen LogP contribution in [0.4, 0.5) is 4.79 Å². The van der Waals surface area contributed by atoms with Crippen LogP contribution in [0.1, 0.15) is 5.56 Å². The van der Waals surface area contributed by atoms with Crippen molar-refractivity contribution in [2.24, 2.45) is 5.10 Å². The maximum absolute atomic E-state index is 11.0. The molecular formula is C13H10N2OS. The standard InChI is InChI=1S/C13H10N2OS/c16-13-15-14-12(8-17-13)11-7-3-5-9-4-1-2-6-10(9)11/h1-7H,8H2,(H,15,16). The molecule has 2 aromatic rings. The van der Waals surface area contributed by atoms with Gasteiger partial charge in [-0.05, 0) is 10.8 Å². The number of carbonyl (C=O) groups is 1. The summed E-state index contributed by atoms with van der Waals surface area (Å²) >= 11 is 1.25. The van der Waals surface area contributed by atoms with E-state index in [9.17, 15) is 4.79 Å². The Morgan fingerprint density at radius 1 is 1.12 bits per heavy atom. The van der Waals surface area contributed by atoms with Crippen LogP contribution in [0.15, 0.2) is 47.6 Å². The Hall–Kier alpha value is -1.81. The van der Waals surface area contributed by atoms with Gasteiger partial charge in [-0.3, -0.25) is 4.79 Å². The Labute approximate surface area is 103 Å². The van der Waals surface area contributed by atoms with E-state index in [0.717, 1.165) is 11.3 Å². The van der Waals surface area contributed by atoms with E-state index >= 15 is 0 Å². The normalized spacial score (nSPS) is 15.5. The summed E-state index contributed by atoms with van der Waals surface area (Å²) in [5.74, 6) is 0.625. The van der Waals surface area contributed by atoms with Gasteiger partial charge >= 0.3 is 0 Å². The van der Waals surface area contributed by atoms with Crippen molar-refractivity contribution in [2.75, 3.05) is 5.75 Å². The number of hydrazone groups is 1. The van der Waals surface area contributed by atoms with Crippen LogP contribution in [0.2, 0.25) is 0 Å². The number of nitrogens with zero attached hydrogens (tertiary/aromatic N) is 1. The van der Waals surface area contributed by atoms with Gasteiger partial charge in [-0.15, -0.1) is 0 Å². The molecule has 1 heterocycles. The van der Waals surface area contributed by atoms with Crippen molar-refractivity contribution in [1.82, 2.24) is 5.43 Å². The summed E-state index contributed by atoms with van der Waals surface area (Å²) in [6, 6.07) is 14.3. The molecule has 17 heavy (non-hydrogen) atoms. The number of hydrogen-bond acceptors (Lipinski definition) is 3. The van der Waals surface area contributed by atoms with Gasteiger partial charge in [-0.2, -0.15) is 5.10 Å². The third-order valence-electron chi connectivity index (χ3n) is 2.72. The summed E-state index contributed by atoms with van der Waals surface area (Å²) in [5.41, 5.74) is 4.52. The van der Waals surface area contributed by atoms with Crippen LogP contribution >= 0.6 is 11.8 Å². The van der Waals surface area contributed by atoms with Crippen molar-refractivity contribution < 1.29 is 4.79 Å². The molecule has 4 heteroatoms. The molecule has 0 atom stereocenters. The second kappa shape index (κ2) is 4.22. The van der Waals surface area contributed by atoms with E-state index in [4.69, 9.17) is 0 Å². The Bertz CT molecular complexity index is 616. The van der Waals surface area contributed by atoms with Gasteiger partial charge in [0.1, 0.15) is 0 Å². The molecule has 0 fully saturated rings. The van der Waals surface area contributed by atoms with Crippen molar-refractivity contribution in [3.05, 3.63) is 48.0 Å². The summed E-state index contributed by atoms with van der Waals surface area (Å²) in [7, 11) is 0. The molecule has 0 aromatic heterocycles. The molecule has 0 radical (unpaired) electrons. The highest BCUT2D eigenvalue weighted by molar-refractivity contribution is 8.14. The van der Waals surface area contributed by atoms with E-state index in [0.29, 0.717) is 5.75 Å². The average Bonchev–Trinajstić information content (AvgIpc) is 2.39. The molecule has 2 aromatic carbocycles. The fourth-order valence-corrected chi connectivity index (χ4v) is 2.52. The fraction of sp³-hybridized carbons (Fsp3) is 0.0769. The quantitative estimate of drug-likeness (QED) is 0.835. The summed E-state index contributed by atoms with van der Waals surface area (Å²) in [4.78, 5) is 11.0. The maximum atomic E-state index is 11.0. The topological polar surface area (TPSA) is 41.5 Å². The summed E-state index contributed by atoms with van der Waals surface area (Å²) < 4.78 is 0. The predicted octanol–water partition coefficient (Wildman–Crippen LogP) is 3.00. The Morgan fingerprint density at radius 2 is 1.94 bits per heavy atom. The minimum atomic E-state index is -0.0889. The van der Waals surface area contributed by atoms with Gasteiger partial charge in [-0.25, -0.2) is 5.43 Å². The Kier molecular flexibility index (Phi) is 2.57. The lowest BCUT2D eigenvalue weighted by atomic mass is 10.0. The molecule has 1 amide bonds. The van der Waals surface area contributed by atoms with Gasteiger partial charge in [0.2, 0.25) is 0 Å². The van der Waals surface area contributed by atoms with Crippen LogP contribution in [0.25, 0.3) is 10.8 Å². The fourth-order valence-electron chi connectivity index (χ4n) is 1.93. The second-order valence-electron chi connectivity index (χ2n) is 3.77. The molecule has 3 rings (SSSR count). The lowest BCUT2D eigenvalue weighted by Crippen LogP contribution is -2.23. The van der Waals surface area contributed by atoms with Crippen LogP contribution in [-0.2, 0) is 0 Å². The first kappa shape index (κ1) is 10.4. The number of benzene rings is 2. The largest absolute Gasteiger partial charge is 0.299 e.